The van der Waals surface area contributed by atoms with Crippen LogP contribution in [0.25, 0.3) is 0 Å². The van der Waals surface area contributed by atoms with Gasteiger partial charge in [-0.1, -0.05) is 13.8 Å². The van der Waals surface area contributed by atoms with Crippen molar-refractivity contribution in [2.75, 3.05) is 47.1 Å². The number of nitrogens with zero attached hydrogens (tertiary/aromatic N) is 6. The number of alkyl halides is 2. The van der Waals surface area contributed by atoms with Crippen LogP contribution in [0.2, 0.25) is 0 Å². The molecule has 2 aliphatic heterocycles. The quantitative estimate of drug-likeness (QED) is 0.663. The van der Waals surface area contributed by atoms with E-state index in [0.717, 1.165) is 54.5 Å². The number of hydrogen-bond acceptors (Lipinski definition) is 8. The van der Waals surface area contributed by atoms with Crippen LogP contribution in [-0.2, 0) is 5.41 Å². The summed E-state index contributed by atoms with van der Waals surface area (Å²) in [4.78, 5) is 14.3. The van der Waals surface area contributed by atoms with E-state index in [1.54, 1.807) is 0 Å². The first-order valence-corrected chi connectivity index (χ1v) is 12.7. The number of nitrogens with one attached hydrogen (secondary N) is 2. The normalized spacial score (nSPS) is 28.6. The van der Waals surface area contributed by atoms with Gasteiger partial charge in [0.1, 0.15) is 11.6 Å². The van der Waals surface area contributed by atoms with E-state index >= 15 is 0 Å². The minimum Gasteiger partial charge on any atom is -0.373 e. The van der Waals surface area contributed by atoms with Gasteiger partial charge < -0.3 is 20.4 Å². The van der Waals surface area contributed by atoms with Crippen molar-refractivity contribution >= 4 is 23.3 Å². The fraction of sp³-hybridized carbons (Fsp3) is 0.680. The highest BCUT2D eigenvalue weighted by molar-refractivity contribution is 5.70. The third-order valence-electron chi connectivity index (χ3n) is 8.41. The molecule has 2 unspecified atom stereocenters. The number of piperidine rings is 1. The number of rotatable bonds is 5. The van der Waals surface area contributed by atoms with Crippen molar-refractivity contribution in [1.82, 2.24) is 20.2 Å². The van der Waals surface area contributed by atoms with E-state index in [1.807, 2.05) is 20.2 Å². The largest absolute Gasteiger partial charge is 0.373 e. The van der Waals surface area contributed by atoms with Crippen LogP contribution in [0.1, 0.15) is 50.8 Å². The molecule has 6 rings (SSSR count). The fourth-order valence-electron chi connectivity index (χ4n) is 6.71. The van der Waals surface area contributed by atoms with Crippen LogP contribution >= 0.6 is 0 Å². The lowest BCUT2D eigenvalue weighted by Gasteiger charge is -2.42. The van der Waals surface area contributed by atoms with Gasteiger partial charge in [-0.2, -0.15) is 20.2 Å². The number of anilines is 4. The molecule has 2 aromatic heterocycles. The Kier molecular flexibility index (Phi) is 5.09. The van der Waals surface area contributed by atoms with Gasteiger partial charge in [0.05, 0.1) is 17.6 Å². The highest BCUT2D eigenvalue weighted by atomic mass is 19.3. The molecule has 1 saturated heterocycles. The van der Waals surface area contributed by atoms with E-state index in [9.17, 15) is 8.78 Å². The molecule has 2 aromatic rings. The third kappa shape index (κ3) is 3.85. The smallest absolute Gasteiger partial charge is 0.252 e. The van der Waals surface area contributed by atoms with E-state index in [4.69, 9.17) is 9.97 Å². The van der Waals surface area contributed by atoms with Crippen molar-refractivity contribution in [3.63, 3.8) is 0 Å². The lowest BCUT2D eigenvalue weighted by Crippen LogP contribution is -2.51. The average Bonchev–Trinajstić information content (AvgIpc) is 3.17. The Balaban J connectivity index is 1.26. The maximum Gasteiger partial charge on any atom is 0.252 e. The Bertz CT molecular complexity index is 1120. The molecule has 0 spiro atoms. The van der Waals surface area contributed by atoms with Gasteiger partial charge in [-0.15, -0.1) is 0 Å². The number of hydrogen-bond donors (Lipinski definition) is 2. The highest BCUT2D eigenvalue weighted by Crippen LogP contribution is 2.50. The molecule has 0 amide bonds. The third-order valence-corrected chi connectivity index (χ3v) is 8.41. The van der Waals surface area contributed by atoms with Gasteiger partial charge in [0.25, 0.3) is 5.92 Å². The van der Waals surface area contributed by atoms with E-state index in [0.29, 0.717) is 30.4 Å². The zero-order valence-corrected chi connectivity index (χ0v) is 20.9. The SMILES string of the molecule is CNc1nc(NC2C3CCC2CN(c2cnnc(C)c2)C3)nc2c1C(C)(C)CN2C1CC(F)(F)C1. The molecule has 2 aliphatic carbocycles. The number of aromatic nitrogens is 4. The second-order valence-electron chi connectivity index (χ2n) is 11.5. The molecule has 3 fully saturated rings. The number of fused-ring (bicyclic) bond motifs is 3. The van der Waals surface area contributed by atoms with Crippen molar-refractivity contribution < 1.29 is 8.78 Å². The summed E-state index contributed by atoms with van der Waals surface area (Å²) in [6.45, 7) is 8.86. The van der Waals surface area contributed by atoms with Crippen LogP contribution in [0.5, 0.6) is 0 Å². The summed E-state index contributed by atoms with van der Waals surface area (Å²) < 4.78 is 27.4. The zero-order chi connectivity index (χ0) is 24.5. The fourth-order valence-corrected chi connectivity index (χ4v) is 6.71. The lowest BCUT2D eigenvalue weighted by molar-refractivity contribution is -0.0859. The molecule has 188 valence electrons. The molecule has 0 radical (unpaired) electrons. The predicted octanol–water partition coefficient (Wildman–Crippen LogP) is 3.84. The molecule has 4 aliphatic rings. The molecular weight excluding hydrogens is 450 g/mol. The van der Waals surface area contributed by atoms with Crippen LogP contribution in [-0.4, -0.2) is 64.9 Å². The topological polar surface area (TPSA) is 82.1 Å². The first-order chi connectivity index (χ1) is 16.6. The van der Waals surface area contributed by atoms with E-state index in [-0.39, 0.29) is 24.3 Å². The van der Waals surface area contributed by atoms with Gasteiger partial charge in [-0.3, -0.25) is 0 Å². The summed E-state index contributed by atoms with van der Waals surface area (Å²) in [5.41, 5.74) is 2.88. The summed E-state index contributed by atoms with van der Waals surface area (Å²) in [7, 11) is 1.87. The van der Waals surface area contributed by atoms with Gasteiger partial charge in [-0.05, 0) is 37.7 Å². The summed E-state index contributed by atoms with van der Waals surface area (Å²) in [6, 6.07) is 2.22. The first kappa shape index (κ1) is 22.7. The molecule has 10 heteroatoms. The summed E-state index contributed by atoms with van der Waals surface area (Å²) >= 11 is 0. The second kappa shape index (κ2) is 7.86. The Morgan fingerprint density at radius 3 is 2.43 bits per heavy atom. The van der Waals surface area contributed by atoms with Crippen LogP contribution < -0.4 is 20.4 Å². The molecule has 8 nitrogen and oxygen atoms in total. The van der Waals surface area contributed by atoms with Crippen LogP contribution in [0.15, 0.2) is 12.3 Å². The van der Waals surface area contributed by atoms with E-state index < -0.39 is 5.92 Å². The van der Waals surface area contributed by atoms with Gasteiger partial charge in [-0.25, -0.2) is 8.78 Å². The average molecular weight is 485 g/mol. The van der Waals surface area contributed by atoms with Crippen molar-refractivity contribution in [2.24, 2.45) is 11.8 Å². The van der Waals surface area contributed by atoms with E-state index in [2.05, 4.69) is 50.5 Å². The Hall–Kier alpha value is -2.78. The molecule has 35 heavy (non-hydrogen) atoms. The molecule has 2 atom stereocenters. The van der Waals surface area contributed by atoms with Gasteiger partial charge in [0, 0.05) is 62.6 Å². The predicted molar refractivity (Wildman–Crippen MR) is 133 cm³/mol. The second-order valence-corrected chi connectivity index (χ2v) is 11.5. The Morgan fingerprint density at radius 1 is 1.09 bits per heavy atom. The van der Waals surface area contributed by atoms with Gasteiger partial charge >= 0.3 is 0 Å². The lowest BCUT2D eigenvalue weighted by atomic mass is 9.85. The molecule has 0 aromatic carbocycles. The van der Waals surface area contributed by atoms with Crippen LogP contribution in [0.3, 0.4) is 0 Å². The first-order valence-electron chi connectivity index (χ1n) is 12.7. The minimum absolute atomic E-state index is 0.101. The summed E-state index contributed by atoms with van der Waals surface area (Å²) in [6.07, 6.45) is 3.97. The van der Waals surface area contributed by atoms with Crippen molar-refractivity contribution in [2.45, 2.75) is 69.9 Å². The standard InChI is InChI=1S/C25H34F2N8/c1-14-7-17(10-29-33-14)34-11-15-5-6-16(12-34)20(15)30-23-31-21(28-4)19-22(32-23)35(13-24(19,2)3)18-8-25(26,27)9-18/h7,10,15-16,18,20H,5-6,8-9,11-13H2,1-4H3,(H2,28,30,31,32). The Morgan fingerprint density at radius 2 is 1.80 bits per heavy atom. The molecule has 2 bridgehead atoms. The maximum absolute atomic E-state index is 13.7. The number of aryl methyl sites for hydroxylation is 1. The summed E-state index contributed by atoms with van der Waals surface area (Å²) in [5, 5.41) is 15.2. The molecule has 2 saturated carbocycles. The van der Waals surface area contributed by atoms with Gasteiger partial charge in [0.2, 0.25) is 5.95 Å². The van der Waals surface area contributed by atoms with Crippen molar-refractivity contribution in [1.29, 1.82) is 0 Å². The minimum atomic E-state index is -2.56. The molecular formula is C25H34F2N8. The monoisotopic (exact) mass is 484 g/mol. The van der Waals surface area contributed by atoms with Gasteiger partial charge in [0.15, 0.2) is 0 Å². The van der Waals surface area contributed by atoms with Crippen LogP contribution in [0, 0.1) is 18.8 Å². The zero-order valence-electron chi connectivity index (χ0n) is 20.9. The van der Waals surface area contributed by atoms with E-state index in [1.165, 1.54) is 0 Å². The molecule has 4 heterocycles. The van der Waals surface area contributed by atoms with Crippen molar-refractivity contribution in [3.8, 4) is 0 Å². The van der Waals surface area contributed by atoms with Crippen molar-refractivity contribution in [3.05, 3.63) is 23.5 Å². The Labute approximate surface area is 204 Å². The highest BCUT2D eigenvalue weighted by Gasteiger charge is 2.52. The van der Waals surface area contributed by atoms with Crippen LogP contribution in [0.4, 0.5) is 32.1 Å². The molecule has 2 N–H and O–H groups in total. The number of halogens is 2. The maximum atomic E-state index is 13.7. The summed E-state index contributed by atoms with van der Waals surface area (Å²) in [5.74, 6) is 0.594.